The zero-order valence-corrected chi connectivity index (χ0v) is 9.04. The van der Waals surface area contributed by atoms with E-state index in [1.807, 2.05) is 0 Å². The first-order valence-corrected chi connectivity index (χ1v) is 4.70. The number of rotatable bonds is 4. The Hall–Kier alpha value is -2.88. The number of carbonyl (C=O) groups excluding carboxylic acids is 1. The summed E-state index contributed by atoms with van der Waals surface area (Å²) >= 11 is 0. The molecule has 0 aliphatic carbocycles. The Morgan fingerprint density at radius 1 is 1.50 bits per heavy atom. The molecule has 7 nitrogen and oxygen atoms in total. The van der Waals surface area contributed by atoms with Crippen molar-refractivity contribution in [1.82, 2.24) is 0 Å². The van der Waals surface area contributed by atoms with E-state index in [1.165, 1.54) is 0 Å². The molecule has 0 saturated carbocycles. The van der Waals surface area contributed by atoms with Gasteiger partial charge in [0.05, 0.1) is 16.9 Å². The molecular formula is C11H8N2O5. The van der Waals surface area contributed by atoms with Crippen LogP contribution in [0.2, 0.25) is 0 Å². The normalized spacial score (nSPS) is 9.28. The molecule has 0 fully saturated rings. The van der Waals surface area contributed by atoms with Crippen LogP contribution in [0.5, 0.6) is 0 Å². The molecule has 0 radical (unpaired) electrons. The number of hydrogen-bond donors (Lipinski definition) is 2. The number of hydrogen-bond acceptors (Lipinski definition) is 4. The Balaban J connectivity index is 3.12. The van der Waals surface area contributed by atoms with Crippen LogP contribution in [0.3, 0.4) is 0 Å². The molecule has 0 aliphatic rings. The summed E-state index contributed by atoms with van der Waals surface area (Å²) in [5, 5.41) is 21.7. The number of anilines is 1. The van der Waals surface area contributed by atoms with Gasteiger partial charge in [-0.05, 0) is 12.1 Å². The highest BCUT2D eigenvalue weighted by Gasteiger charge is 2.18. The second kappa shape index (κ2) is 5.45. The predicted octanol–water partition coefficient (Wildman–Crippen LogP) is 1.25. The van der Waals surface area contributed by atoms with Gasteiger partial charge < -0.3 is 10.4 Å². The quantitative estimate of drug-likeness (QED) is 0.473. The minimum atomic E-state index is -1.29. The molecule has 7 heteroatoms. The lowest BCUT2D eigenvalue weighted by Gasteiger charge is -2.04. The Bertz CT molecular complexity index is 559. The number of nitrogens with zero attached hydrogens (tertiary/aromatic N) is 1. The molecule has 0 bridgehead atoms. The lowest BCUT2D eigenvalue weighted by molar-refractivity contribution is -0.384. The van der Waals surface area contributed by atoms with Crippen molar-refractivity contribution in [3.63, 3.8) is 0 Å². The first-order valence-electron chi connectivity index (χ1n) is 4.70. The molecule has 0 saturated heterocycles. The van der Waals surface area contributed by atoms with E-state index in [-0.39, 0.29) is 17.7 Å². The van der Waals surface area contributed by atoms with Crippen molar-refractivity contribution in [2.75, 3.05) is 5.32 Å². The molecule has 2 N–H and O–H groups in total. The molecule has 92 valence electrons. The van der Waals surface area contributed by atoms with E-state index in [0.717, 1.165) is 18.2 Å². The van der Waals surface area contributed by atoms with Gasteiger partial charge in [-0.1, -0.05) is 5.92 Å². The van der Waals surface area contributed by atoms with Crippen LogP contribution in [0.4, 0.5) is 11.4 Å². The van der Waals surface area contributed by atoms with Gasteiger partial charge in [-0.15, -0.1) is 6.42 Å². The van der Waals surface area contributed by atoms with Crippen LogP contribution in [0.15, 0.2) is 18.2 Å². The van der Waals surface area contributed by atoms with Gasteiger partial charge in [0.25, 0.3) is 5.69 Å². The van der Waals surface area contributed by atoms with Crippen molar-refractivity contribution < 1.29 is 19.6 Å². The summed E-state index contributed by atoms with van der Waals surface area (Å²) < 4.78 is 0. The largest absolute Gasteiger partial charge is 0.478 e. The Kier molecular flexibility index (Phi) is 3.99. The first-order chi connectivity index (χ1) is 8.45. The van der Waals surface area contributed by atoms with E-state index in [0.29, 0.717) is 0 Å². The number of carboxylic acids is 1. The van der Waals surface area contributed by atoms with Gasteiger partial charge >= 0.3 is 5.97 Å². The number of benzene rings is 1. The van der Waals surface area contributed by atoms with Crippen molar-refractivity contribution in [2.24, 2.45) is 0 Å². The highest BCUT2D eigenvalue weighted by molar-refractivity contribution is 5.96. The zero-order valence-electron chi connectivity index (χ0n) is 9.04. The van der Waals surface area contributed by atoms with Gasteiger partial charge in [-0.2, -0.15) is 0 Å². The molecule has 0 aromatic heterocycles. The third-order valence-electron chi connectivity index (χ3n) is 1.98. The van der Waals surface area contributed by atoms with Gasteiger partial charge in [0.2, 0.25) is 5.91 Å². The second-order valence-corrected chi connectivity index (χ2v) is 3.22. The van der Waals surface area contributed by atoms with Gasteiger partial charge in [0, 0.05) is 6.07 Å². The van der Waals surface area contributed by atoms with E-state index in [1.54, 1.807) is 0 Å². The monoisotopic (exact) mass is 248 g/mol. The SMILES string of the molecule is C#CCC(=O)Nc1ccc(C(=O)O)cc1[N+](=O)[O-]. The molecule has 0 heterocycles. The molecule has 1 amide bonds. The van der Waals surface area contributed by atoms with Crippen molar-refractivity contribution in [1.29, 1.82) is 0 Å². The van der Waals surface area contributed by atoms with E-state index in [2.05, 4.69) is 11.2 Å². The second-order valence-electron chi connectivity index (χ2n) is 3.22. The maximum Gasteiger partial charge on any atom is 0.335 e. The molecule has 0 spiro atoms. The summed E-state index contributed by atoms with van der Waals surface area (Å²) in [6, 6.07) is 3.17. The summed E-state index contributed by atoms with van der Waals surface area (Å²) in [6.45, 7) is 0. The van der Waals surface area contributed by atoms with E-state index >= 15 is 0 Å². The first kappa shape index (κ1) is 13.2. The van der Waals surface area contributed by atoms with Crippen LogP contribution < -0.4 is 5.32 Å². The Morgan fingerprint density at radius 3 is 2.67 bits per heavy atom. The lowest BCUT2D eigenvalue weighted by Crippen LogP contribution is -2.12. The number of carboxylic acid groups (broad SMARTS) is 1. The maximum atomic E-state index is 11.2. The summed E-state index contributed by atoms with van der Waals surface area (Å²) in [5.74, 6) is 0.218. The van der Waals surface area contributed by atoms with Crippen molar-refractivity contribution in [3.8, 4) is 12.3 Å². The van der Waals surface area contributed by atoms with Crippen LogP contribution in [-0.2, 0) is 4.79 Å². The van der Waals surface area contributed by atoms with Crippen LogP contribution in [0.1, 0.15) is 16.8 Å². The number of aromatic carboxylic acids is 1. The van der Waals surface area contributed by atoms with Crippen LogP contribution in [0.25, 0.3) is 0 Å². The highest BCUT2D eigenvalue weighted by Crippen LogP contribution is 2.25. The lowest BCUT2D eigenvalue weighted by atomic mass is 10.1. The zero-order chi connectivity index (χ0) is 13.7. The number of nitro groups is 1. The van der Waals surface area contributed by atoms with Gasteiger partial charge in [0.1, 0.15) is 5.69 Å². The van der Waals surface area contributed by atoms with E-state index in [4.69, 9.17) is 11.5 Å². The van der Waals surface area contributed by atoms with Crippen LogP contribution >= 0.6 is 0 Å². The van der Waals surface area contributed by atoms with E-state index in [9.17, 15) is 19.7 Å². The topological polar surface area (TPSA) is 110 Å². The predicted molar refractivity (Wildman–Crippen MR) is 62.1 cm³/mol. The summed E-state index contributed by atoms with van der Waals surface area (Å²) in [4.78, 5) is 31.9. The van der Waals surface area contributed by atoms with E-state index < -0.39 is 22.5 Å². The fraction of sp³-hybridized carbons (Fsp3) is 0.0909. The summed E-state index contributed by atoms with van der Waals surface area (Å²) in [7, 11) is 0. The van der Waals surface area contributed by atoms with Gasteiger partial charge in [-0.3, -0.25) is 14.9 Å². The standard InChI is InChI=1S/C11H8N2O5/c1-2-3-10(14)12-8-5-4-7(11(15)16)6-9(8)13(17)18/h1,4-6H,3H2,(H,12,14)(H,15,16). The number of terminal acetylenes is 1. The number of nitrogens with one attached hydrogen (secondary N) is 1. The molecule has 18 heavy (non-hydrogen) atoms. The molecule has 0 atom stereocenters. The Morgan fingerprint density at radius 2 is 2.17 bits per heavy atom. The molecule has 0 unspecified atom stereocenters. The molecule has 1 aromatic carbocycles. The summed E-state index contributed by atoms with van der Waals surface area (Å²) in [6.07, 6.45) is 4.70. The van der Waals surface area contributed by atoms with Crippen LogP contribution in [0, 0.1) is 22.5 Å². The number of carbonyl (C=O) groups is 2. The minimum absolute atomic E-state index is 0.0924. The molecule has 1 aromatic rings. The minimum Gasteiger partial charge on any atom is -0.478 e. The molecule has 0 aliphatic heterocycles. The fourth-order valence-corrected chi connectivity index (χ4v) is 1.21. The maximum absolute atomic E-state index is 11.2. The average molecular weight is 248 g/mol. The third-order valence-corrected chi connectivity index (χ3v) is 1.98. The summed E-state index contributed by atoms with van der Waals surface area (Å²) in [5.41, 5.74) is -0.831. The van der Waals surface area contributed by atoms with Crippen LogP contribution in [-0.4, -0.2) is 21.9 Å². The highest BCUT2D eigenvalue weighted by atomic mass is 16.6. The fourth-order valence-electron chi connectivity index (χ4n) is 1.21. The van der Waals surface area contributed by atoms with Crippen molar-refractivity contribution in [2.45, 2.75) is 6.42 Å². The third kappa shape index (κ3) is 3.05. The number of nitro benzene ring substituents is 1. The number of amides is 1. The molecule has 1 rings (SSSR count). The Labute approximate surface area is 102 Å². The average Bonchev–Trinajstić information content (AvgIpc) is 2.29. The smallest absolute Gasteiger partial charge is 0.335 e. The molecular weight excluding hydrogens is 240 g/mol. The van der Waals surface area contributed by atoms with Gasteiger partial charge in [0.15, 0.2) is 0 Å². The van der Waals surface area contributed by atoms with Gasteiger partial charge in [-0.25, -0.2) is 4.79 Å². The van der Waals surface area contributed by atoms with Crippen molar-refractivity contribution >= 4 is 23.3 Å². The van der Waals surface area contributed by atoms with Crippen molar-refractivity contribution in [3.05, 3.63) is 33.9 Å².